The quantitative estimate of drug-likeness (QED) is 0.406. The molecule has 2 rings (SSSR count). The summed E-state index contributed by atoms with van der Waals surface area (Å²) in [7, 11) is 0. The van der Waals surface area contributed by atoms with Crippen LogP contribution in [0.1, 0.15) is 19.3 Å². The largest absolute Gasteiger partial charge is 0.515 e. The van der Waals surface area contributed by atoms with Crippen molar-refractivity contribution in [1.29, 1.82) is 0 Å². The van der Waals surface area contributed by atoms with Crippen LogP contribution >= 0.6 is 0 Å². The summed E-state index contributed by atoms with van der Waals surface area (Å²) in [6.07, 6.45) is 4.14. The first-order chi connectivity index (χ1) is 4.83. The molecule has 2 unspecified atom stereocenters. The number of aliphatic hydroxyl groups is 1. The van der Waals surface area contributed by atoms with E-state index in [9.17, 15) is 4.79 Å². The number of carbonyl (C=O) groups is 1. The minimum atomic E-state index is 0.193. The van der Waals surface area contributed by atoms with Gasteiger partial charge in [0.05, 0.1) is 6.26 Å². The lowest BCUT2D eigenvalue weighted by molar-refractivity contribution is -0.118. The zero-order valence-corrected chi connectivity index (χ0v) is 5.71. The van der Waals surface area contributed by atoms with Crippen LogP contribution in [0.5, 0.6) is 0 Å². The Hall–Kier alpha value is -0.790. The van der Waals surface area contributed by atoms with E-state index >= 15 is 0 Å². The van der Waals surface area contributed by atoms with Crippen molar-refractivity contribution in [3.8, 4) is 0 Å². The second-order valence-electron chi connectivity index (χ2n) is 3.16. The number of hydrogen-bond acceptors (Lipinski definition) is 2. The molecular formula is C8H10O2. The van der Waals surface area contributed by atoms with Gasteiger partial charge in [0.2, 0.25) is 0 Å². The highest BCUT2D eigenvalue weighted by atomic mass is 16.2. The van der Waals surface area contributed by atoms with Crippen LogP contribution in [0.4, 0.5) is 0 Å². The average Bonchev–Trinajstić information content (AvgIpc) is 2.46. The van der Waals surface area contributed by atoms with Gasteiger partial charge in [-0.2, -0.15) is 0 Å². The maximum absolute atomic E-state index is 11.2. The SMILES string of the molecule is O=C1C(=CO)C2CCC1C2. The van der Waals surface area contributed by atoms with Crippen LogP contribution < -0.4 is 0 Å². The topological polar surface area (TPSA) is 37.3 Å². The lowest BCUT2D eigenvalue weighted by Crippen LogP contribution is -2.11. The number of allylic oxidation sites excluding steroid dienone is 1. The van der Waals surface area contributed by atoms with Crippen molar-refractivity contribution >= 4 is 5.78 Å². The normalized spacial score (nSPS) is 41.6. The van der Waals surface area contributed by atoms with E-state index < -0.39 is 0 Å². The monoisotopic (exact) mass is 138 g/mol. The molecular weight excluding hydrogens is 128 g/mol. The first-order valence-electron chi connectivity index (χ1n) is 3.71. The third kappa shape index (κ3) is 0.564. The van der Waals surface area contributed by atoms with E-state index in [0.717, 1.165) is 25.5 Å². The minimum Gasteiger partial charge on any atom is -0.515 e. The number of ketones is 1. The van der Waals surface area contributed by atoms with Crippen LogP contribution in [-0.4, -0.2) is 10.9 Å². The highest BCUT2D eigenvalue weighted by Gasteiger charge is 2.42. The molecule has 0 aromatic carbocycles. The molecule has 0 spiro atoms. The lowest BCUT2D eigenvalue weighted by Gasteiger charge is -2.09. The number of rotatable bonds is 0. The van der Waals surface area contributed by atoms with E-state index in [0.29, 0.717) is 11.5 Å². The van der Waals surface area contributed by atoms with E-state index in [1.165, 1.54) is 0 Å². The van der Waals surface area contributed by atoms with Gasteiger partial charge in [0.25, 0.3) is 0 Å². The second-order valence-corrected chi connectivity index (χ2v) is 3.16. The molecule has 10 heavy (non-hydrogen) atoms. The van der Waals surface area contributed by atoms with E-state index in [1.807, 2.05) is 0 Å². The fraction of sp³-hybridized carbons (Fsp3) is 0.625. The number of hydrogen-bond donors (Lipinski definition) is 1. The lowest BCUT2D eigenvalue weighted by atomic mass is 9.95. The van der Waals surface area contributed by atoms with Crippen LogP contribution in [0, 0.1) is 11.8 Å². The van der Waals surface area contributed by atoms with Gasteiger partial charge >= 0.3 is 0 Å². The van der Waals surface area contributed by atoms with Crippen LogP contribution in [0.15, 0.2) is 11.8 Å². The van der Waals surface area contributed by atoms with Crippen LogP contribution in [0.25, 0.3) is 0 Å². The van der Waals surface area contributed by atoms with E-state index in [1.54, 1.807) is 0 Å². The molecule has 0 saturated heterocycles. The van der Waals surface area contributed by atoms with Crippen molar-refractivity contribution in [2.24, 2.45) is 11.8 Å². The van der Waals surface area contributed by atoms with Crippen LogP contribution in [-0.2, 0) is 4.79 Å². The fourth-order valence-corrected chi connectivity index (χ4v) is 2.11. The van der Waals surface area contributed by atoms with Crippen molar-refractivity contribution in [1.82, 2.24) is 0 Å². The first-order valence-corrected chi connectivity index (χ1v) is 3.71. The zero-order valence-electron chi connectivity index (χ0n) is 5.71. The summed E-state index contributed by atoms with van der Waals surface area (Å²) in [6, 6.07) is 0. The van der Waals surface area contributed by atoms with Gasteiger partial charge in [0, 0.05) is 11.5 Å². The van der Waals surface area contributed by atoms with Crippen molar-refractivity contribution in [3.05, 3.63) is 11.8 Å². The Bertz CT molecular complexity index is 205. The van der Waals surface area contributed by atoms with Gasteiger partial charge < -0.3 is 5.11 Å². The van der Waals surface area contributed by atoms with Gasteiger partial charge in [-0.25, -0.2) is 0 Å². The summed E-state index contributed by atoms with van der Waals surface area (Å²) >= 11 is 0. The smallest absolute Gasteiger partial charge is 0.165 e. The molecule has 0 amide bonds. The van der Waals surface area contributed by atoms with Gasteiger partial charge in [-0.3, -0.25) is 4.79 Å². The molecule has 2 fully saturated rings. The Morgan fingerprint density at radius 1 is 1.40 bits per heavy atom. The highest BCUT2D eigenvalue weighted by Crippen LogP contribution is 2.45. The molecule has 0 aromatic rings. The molecule has 2 bridgehead atoms. The van der Waals surface area contributed by atoms with E-state index in [2.05, 4.69) is 0 Å². The van der Waals surface area contributed by atoms with Crippen molar-refractivity contribution in [3.63, 3.8) is 0 Å². The van der Waals surface area contributed by atoms with Gasteiger partial charge in [0.15, 0.2) is 5.78 Å². The van der Waals surface area contributed by atoms with Gasteiger partial charge in [-0.15, -0.1) is 0 Å². The molecule has 2 nitrogen and oxygen atoms in total. The first kappa shape index (κ1) is 5.96. The Morgan fingerprint density at radius 2 is 2.10 bits per heavy atom. The standard InChI is InChI=1S/C8H10O2/c9-4-7-5-1-2-6(3-5)8(7)10/h4-6,9H,1-3H2. The number of fused-ring (bicyclic) bond motifs is 2. The molecule has 2 atom stereocenters. The fourth-order valence-electron chi connectivity index (χ4n) is 2.11. The van der Waals surface area contributed by atoms with E-state index in [-0.39, 0.29) is 11.7 Å². The predicted octanol–water partition coefficient (Wildman–Crippen LogP) is 1.43. The van der Waals surface area contributed by atoms with Crippen LogP contribution in [0.2, 0.25) is 0 Å². The maximum atomic E-state index is 11.2. The summed E-state index contributed by atoms with van der Waals surface area (Å²) in [5.74, 6) is 0.838. The predicted molar refractivity (Wildman–Crippen MR) is 36.5 cm³/mol. The molecule has 0 aliphatic heterocycles. The number of aliphatic hydroxyl groups excluding tert-OH is 1. The number of Topliss-reactive ketones (excluding diaryl/α,β-unsaturated/α-hetero) is 1. The van der Waals surface area contributed by atoms with Crippen LogP contribution in [0.3, 0.4) is 0 Å². The third-order valence-corrected chi connectivity index (χ3v) is 2.67. The Labute approximate surface area is 59.5 Å². The van der Waals surface area contributed by atoms with Crippen molar-refractivity contribution in [2.75, 3.05) is 0 Å². The average molecular weight is 138 g/mol. The molecule has 0 heterocycles. The van der Waals surface area contributed by atoms with Crippen molar-refractivity contribution in [2.45, 2.75) is 19.3 Å². The second kappa shape index (κ2) is 1.84. The van der Waals surface area contributed by atoms with Gasteiger partial charge in [-0.05, 0) is 25.2 Å². The molecule has 2 aliphatic rings. The third-order valence-electron chi connectivity index (χ3n) is 2.67. The summed E-state index contributed by atoms with van der Waals surface area (Å²) in [5, 5.41) is 8.68. The Morgan fingerprint density at radius 3 is 2.50 bits per heavy atom. The van der Waals surface area contributed by atoms with Crippen molar-refractivity contribution < 1.29 is 9.90 Å². The minimum absolute atomic E-state index is 0.193. The molecule has 54 valence electrons. The molecule has 0 radical (unpaired) electrons. The van der Waals surface area contributed by atoms with Gasteiger partial charge in [0.1, 0.15) is 0 Å². The van der Waals surface area contributed by atoms with Gasteiger partial charge in [-0.1, -0.05) is 0 Å². The molecule has 0 aromatic heterocycles. The molecule has 1 N–H and O–H groups in total. The zero-order chi connectivity index (χ0) is 7.14. The van der Waals surface area contributed by atoms with E-state index in [4.69, 9.17) is 5.11 Å². The highest BCUT2D eigenvalue weighted by molar-refractivity contribution is 6.00. The maximum Gasteiger partial charge on any atom is 0.165 e. The summed E-state index contributed by atoms with van der Waals surface area (Å²) in [5.41, 5.74) is 0.677. The summed E-state index contributed by atoms with van der Waals surface area (Å²) < 4.78 is 0. The molecule has 2 aliphatic carbocycles. The molecule has 2 saturated carbocycles. The summed E-state index contributed by atoms with van der Waals surface area (Å²) in [6.45, 7) is 0. The molecule has 2 heteroatoms. The Balaban J connectivity index is 2.33. The number of carbonyl (C=O) groups excluding carboxylic acids is 1. The summed E-state index contributed by atoms with van der Waals surface area (Å²) in [4.78, 5) is 11.2. The Kier molecular flexibility index (Phi) is 1.10.